The molecule has 0 radical (unpaired) electrons. The molecule has 0 saturated carbocycles. The van der Waals surface area contributed by atoms with Crippen molar-refractivity contribution in [1.82, 2.24) is 14.0 Å². The normalized spacial score (nSPS) is 13.9. The molecule has 0 N–H and O–H groups in total. The zero-order valence-corrected chi connectivity index (χ0v) is 20.1. The zero-order chi connectivity index (χ0) is 24.2. The number of hydrogen-bond acceptors (Lipinski definition) is 5. The molecule has 7 nitrogen and oxygen atoms in total. The van der Waals surface area contributed by atoms with Gasteiger partial charge in [-0.15, -0.1) is 11.8 Å². The molecule has 1 aromatic heterocycles. The third-order valence-electron chi connectivity index (χ3n) is 6.03. The highest BCUT2D eigenvalue weighted by Gasteiger charge is 2.26. The predicted octanol–water partition coefficient (Wildman–Crippen LogP) is 2.57. The molecule has 1 saturated heterocycles. The van der Waals surface area contributed by atoms with Crippen LogP contribution in [0.5, 0.6) is 0 Å². The summed E-state index contributed by atoms with van der Waals surface area (Å²) in [5.41, 5.74) is 2.05. The molecule has 178 valence electrons. The molecule has 0 atom stereocenters. The predicted molar refractivity (Wildman–Crippen MR) is 133 cm³/mol. The van der Waals surface area contributed by atoms with Crippen LogP contribution in [0.3, 0.4) is 0 Å². The van der Waals surface area contributed by atoms with Crippen LogP contribution in [0.2, 0.25) is 0 Å². The van der Waals surface area contributed by atoms with Gasteiger partial charge in [-0.1, -0.05) is 30.3 Å². The fourth-order valence-electron chi connectivity index (χ4n) is 4.15. The Balaban J connectivity index is 1.43. The van der Waals surface area contributed by atoms with Crippen molar-refractivity contribution in [2.75, 3.05) is 36.8 Å². The van der Waals surface area contributed by atoms with Crippen LogP contribution in [0, 0.1) is 12.7 Å². The first-order chi connectivity index (χ1) is 16.4. The molecule has 3 aromatic rings. The number of carbonyl (C=O) groups is 1. The summed E-state index contributed by atoms with van der Waals surface area (Å²) in [6.07, 6.45) is 0. The molecule has 1 aliphatic rings. The smallest absolute Gasteiger partial charge is 0.335 e. The Bertz CT molecular complexity index is 1280. The average Bonchev–Trinajstić information content (AvgIpc) is 2.85. The second-order valence-corrected chi connectivity index (χ2v) is 9.22. The largest absolute Gasteiger partial charge is 0.362 e. The number of nitrogens with zero attached hydrogens (tertiary/aromatic N) is 4. The minimum absolute atomic E-state index is 0.0469. The molecule has 1 aliphatic heterocycles. The van der Waals surface area contributed by atoms with Crippen LogP contribution in [-0.2, 0) is 17.6 Å². The Morgan fingerprint density at radius 3 is 2.26 bits per heavy atom. The van der Waals surface area contributed by atoms with E-state index >= 15 is 0 Å². The lowest BCUT2D eigenvalue weighted by Gasteiger charge is -2.36. The Morgan fingerprint density at radius 1 is 0.971 bits per heavy atom. The molecule has 0 aliphatic carbocycles. The highest BCUT2D eigenvalue weighted by atomic mass is 32.2. The number of hydrogen-bond donors (Lipinski definition) is 0. The molecule has 2 aromatic carbocycles. The third kappa shape index (κ3) is 4.94. The minimum Gasteiger partial charge on any atom is -0.362 e. The molecule has 1 amide bonds. The van der Waals surface area contributed by atoms with Crippen molar-refractivity contribution < 1.29 is 9.18 Å². The Morgan fingerprint density at radius 2 is 1.62 bits per heavy atom. The van der Waals surface area contributed by atoms with Crippen molar-refractivity contribution in [3.05, 3.63) is 92.5 Å². The Labute approximate surface area is 201 Å². The summed E-state index contributed by atoms with van der Waals surface area (Å²) in [5, 5.41) is 0. The third-order valence-corrected chi connectivity index (χ3v) is 7.02. The number of halogens is 1. The van der Waals surface area contributed by atoms with Gasteiger partial charge in [-0.2, -0.15) is 0 Å². The maximum atomic E-state index is 13.0. The van der Waals surface area contributed by atoms with Gasteiger partial charge in [0, 0.05) is 39.0 Å². The quantitative estimate of drug-likeness (QED) is 0.540. The second-order valence-electron chi connectivity index (χ2n) is 8.24. The van der Waals surface area contributed by atoms with Gasteiger partial charge in [0.1, 0.15) is 11.5 Å². The Kier molecular flexibility index (Phi) is 7.21. The van der Waals surface area contributed by atoms with Gasteiger partial charge in [0.2, 0.25) is 5.91 Å². The van der Waals surface area contributed by atoms with Crippen molar-refractivity contribution >= 4 is 23.4 Å². The summed E-state index contributed by atoms with van der Waals surface area (Å²) >= 11 is 1.50. The van der Waals surface area contributed by atoms with Gasteiger partial charge in [-0.25, -0.2) is 9.18 Å². The van der Waals surface area contributed by atoms with Crippen LogP contribution >= 0.6 is 11.8 Å². The summed E-state index contributed by atoms with van der Waals surface area (Å²) in [6.45, 7) is 3.82. The van der Waals surface area contributed by atoms with Crippen LogP contribution < -0.4 is 16.1 Å². The van der Waals surface area contributed by atoms with Gasteiger partial charge in [-0.3, -0.25) is 18.7 Å². The van der Waals surface area contributed by atoms with Crippen LogP contribution in [0.1, 0.15) is 11.3 Å². The van der Waals surface area contributed by atoms with E-state index in [1.165, 1.54) is 30.9 Å². The van der Waals surface area contributed by atoms with Crippen molar-refractivity contribution in [2.24, 2.45) is 7.05 Å². The summed E-state index contributed by atoms with van der Waals surface area (Å²) in [7, 11) is 1.49. The van der Waals surface area contributed by atoms with E-state index in [0.29, 0.717) is 54.8 Å². The van der Waals surface area contributed by atoms with Crippen LogP contribution in [0.25, 0.3) is 5.69 Å². The van der Waals surface area contributed by atoms with Gasteiger partial charge in [0.05, 0.1) is 17.1 Å². The molecule has 4 rings (SSSR count). The van der Waals surface area contributed by atoms with E-state index < -0.39 is 0 Å². The average molecular weight is 483 g/mol. The van der Waals surface area contributed by atoms with E-state index in [9.17, 15) is 18.8 Å². The molecule has 34 heavy (non-hydrogen) atoms. The lowest BCUT2D eigenvalue weighted by molar-refractivity contribution is -0.128. The summed E-state index contributed by atoms with van der Waals surface area (Å²) in [6, 6.07) is 15.5. The fraction of sp³-hybridized carbons (Fsp3) is 0.320. The first-order valence-corrected chi connectivity index (χ1v) is 12.2. The lowest BCUT2D eigenvalue weighted by Crippen LogP contribution is -2.52. The second kappa shape index (κ2) is 10.3. The van der Waals surface area contributed by atoms with Gasteiger partial charge in [0.25, 0.3) is 5.56 Å². The first kappa shape index (κ1) is 23.8. The summed E-state index contributed by atoms with van der Waals surface area (Å²) < 4.78 is 15.7. The number of benzene rings is 2. The van der Waals surface area contributed by atoms with E-state index in [-0.39, 0.29) is 23.0 Å². The van der Waals surface area contributed by atoms with Gasteiger partial charge < -0.3 is 9.80 Å². The van der Waals surface area contributed by atoms with Crippen molar-refractivity contribution in [1.29, 1.82) is 0 Å². The highest BCUT2D eigenvalue weighted by molar-refractivity contribution is 7.99. The first-order valence-electron chi connectivity index (χ1n) is 11.1. The van der Waals surface area contributed by atoms with E-state index in [1.807, 2.05) is 35.2 Å². The zero-order valence-electron chi connectivity index (χ0n) is 19.2. The number of para-hydroxylation sites is 1. The summed E-state index contributed by atoms with van der Waals surface area (Å²) in [4.78, 5) is 42.3. The molecule has 9 heteroatoms. The minimum atomic E-state index is -0.385. The summed E-state index contributed by atoms with van der Waals surface area (Å²) in [5.74, 6) is 0.761. The SMILES string of the molecule is Cc1c(N2CCN(C(=O)CSCc3ccc(F)cc3)CC2)c(=O)n(C)c(=O)n1-c1ccccc1. The lowest BCUT2D eigenvalue weighted by atomic mass is 10.2. The number of piperazine rings is 1. The molecule has 0 bridgehead atoms. The molecular formula is C25H27FN4O3S. The van der Waals surface area contributed by atoms with Crippen LogP contribution in [-0.4, -0.2) is 51.9 Å². The van der Waals surface area contributed by atoms with Crippen LogP contribution in [0.15, 0.2) is 64.2 Å². The maximum Gasteiger partial charge on any atom is 0.335 e. The van der Waals surface area contributed by atoms with Crippen molar-refractivity contribution in [2.45, 2.75) is 12.7 Å². The number of thioether (sulfide) groups is 1. The standard InChI is InChI=1S/C25H27FN4O3S/c1-18-23(24(32)27(2)25(33)30(18)21-6-4-3-5-7-21)29-14-12-28(13-15-29)22(31)17-34-16-19-8-10-20(26)11-9-19/h3-11H,12-17H2,1-2H3. The number of carbonyl (C=O) groups excluding carboxylic acids is 1. The van der Waals surface area contributed by atoms with Crippen molar-refractivity contribution in [3.8, 4) is 5.69 Å². The van der Waals surface area contributed by atoms with Gasteiger partial charge in [-0.05, 0) is 36.8 Å². The number of aromatic nitrogens is 2. The van der Waals surface area contributed by atoms with Crippen molar-refractivity contribution in [3.63, 3.8) is 0 Å². The highest BCUT2D eigenvalue weighted by Crippen LogP contribution is 2.20. The number of rotatable bonds is 6. The van der Waals surface area contributed by atoms with Gasteiger partial charge in [0.15, 0.2) is 0 Å². The van der Waals surface area contributed by atoms with E-state index in [4.69, 9.17) is 0 Å². The van der Waals surface area contributed by atoms with E-state index in [1.54, 1.807) is 28.5 Å². The molecular weight excluding hydrogens is 455 g/mol. The van der Waals surface area contributed by atoms with E-state index in [2.05, 4.69) is 0 Å². The topological polar surface area (TPSA) is 67.6 Å². The maximum absolute atomic E-state index is 13.0. The van der Waals surface area contributed by atoms with Gasteiger partial charge >= 0.3 is 5.69 Å². The molecule has 0 spiro atoms. The number of amides is 1. The number of anilines is 1. The van der Waals surface area contributed by atoms with E-state index in [0.717, 1.165) is 10.1 Å². The Hall–Kier alpha value is -3.33. The fourth-order valence-corrected chi connectivity index (χ4v) is 5.04. The molecule has 2 heterocycles. The monoisotopic (exact) mass is 482 g/mol. The molecule has 1 fully saturated rings. The van der Waals surface area contributed by atoms with Crippen LogP contribution in [0.4, 0.5) is 10.1 Å². The molecule has 0 unspecified atom stereocenters.